The molecule has 0 aromatic heterocycles. The molecule has 0 bridgehead atoms. The second-order valence-electron chi connectivity index (χ2n) is 9.07. The van der Waals surface area contributed by atoms with Crippen LogP contribution in [0, 0.1) is 0 Å². The summed E-state index contributed by atoms with van der Waals surface area (Å²) in [4.78, 5) is 14.6. The molecular weight excluding hydrogens is 434 g/mol. The van der Waals surface area contributed by atoms with Gasteiger partial charge in [0.15, 0.2) is 9.84 Å². The lowest BCUT2D eigenvalue weighted by Gasteiger charge is -2.12. The third kappa shape index (κ3) is 5.52. The van der Waals surface area contributed by atoms with E-state index in [2.05, 4.69) is 4.90 Å². The standard InChI is InChI=1S/C27H29NO4S/c1-19(22-6-4-3-5-7-22)12-25(29)14-20-9-11-27(26(30)15-20)33(31,32)18-21-8-10-23-16-28(2)17-24(23)13-21/h3-11,13,15,19,30H,12,14,16-18H2,1-2H3. The average Bonchev–Trinajstić information content (AvgIpc) is 3.13. The third-order valence-electron chi connectivity index (χ3n) is 6.17. The van der Waals surface area contributed by atoms with Crippen molar-refractivity contribution in [3.63, 3.8) is 0 Å². The van der Waals surface area contributed by atoms with Crippen molar-refractivity contribution in [3.8, 4) is 5.75 Å². The van der Waals surface area contributed by atoms with Gasteiger partial charge in [-0.1, -0.05) is 61.5 Å². The summed E-state index contributed by atoms with van der Waals surface area (Å²) < 4.78 is 26.0. The van der Waals surface area contributed by atoms with Gasteiger partial charge >= 0.3 is 0 Å². The van der Waals surface area contributed by atoms with Crippen molar-refractivity contribution < 1.29 is 18.3 Å². The van der Waals surface area contributed by atoms with Crippen molar-refractivity contribution in [2.45, 2.75) is 49.4 Å². The predicted molar refractivity (Wildman–Crippen MR) is 129 cm³/mol. The minimum atomic E-state index is -3.72. The Bertz CT molecular complexity index is 1270. The van der Waals surface area contributed by atoms with E-state index in [0.29, 0.717) is 17.5 Å². The minimum Gasteiger partial charge on any atom is -0.507 e. The molecule has 6 heteroatoms. The van der Waals surface area contributed by atoms with E-state index in [1.165, 1.54) is 17.7 Å². The lowest BCUT2D eigenvalue weighted by Crippen LogP contribution is -2.09. The molecule has 1 N–H and O–H groups in total. The number of phenols is 1. The number of sulfone groups is 1. The molecule has 1 heterocycles. The Labute approximate surface area is 195 Å². The van der Waals surface area contributed by atoms with Gasteiger partial charge in [-0.05, 0) is 52.9 Å². The number of rotatable bonds is 8. The molecule has 1 aliphatic heterocycles. The lowest BCUT2D eigenvalue weighted by molar-refractivity contribution is -0.118. The van der Waals surface area contributed by atoms with Gasteiger partial charge < -0.3 is 5.11 Å². The van der Waals surface area contributed by atoms with Crippen LogP contribution in [0.1, 0.15) is 47.1 Å². The number of aromatic hydroxyl groups is 1. The molecule has 0 fully saturated rings. The van der Waals surface area contributed by atoms with E-state index in [9.17, 15) is 18.3 Å². The van der Waals surface area contributed by atoms with Crippen LogP contribution in [-0.2, 0) is 39.9 Å². The van der Waals surface area contributed by atoms with E-state index in [-0.39, 0.29) is 34.5 Å². The third-order valence-corrected chi connectivity index (χ3v) is 7.90. The van der Waals surface area contributed by atoms with Crippen LogP contribution in [-0.4, -0.2) is 31.3 Å². The maximum atomic E-state index is 13.0. The van der Waals surface area contributed by atoms with Gasteiger partial charge in [0.2, 0.25) is 0 Å². The number of benzene rings is 3. The molecule has 0 amide bonds. The number of phenolic OH excluding ortho intramolecular Hbond substituents is 1. The highest BCUT2D eigenvalue weighted by atomic mass is 32.2. The number of nitrogens with zero attached hydrogens (tertiary/aromatic N) is 1. The Hall–Kier alpha value is -2.96. The number of carbonyl (C=O) groups is 1. The first-order valence-corrected chi connectivity index (χ1v) is 12.8. The molecule has 1 atom stereocenters. The number of hydrogen-bond donors (Lipinski definition) is 1. The maximum absolute atomic E-state index is 13.0. The topological polar surface area (TPSA) is 74.7 Å². The van der Waals surface area contributed by atoms with E-state index in [0.717, 1.165) is 24.2 Å². The summed E-state index contributed by atoms with van der Waals surface area (Å²) in [6, 6.07) is 20.0. The maximum Gasteiger partial charge on any atom is 0.186 e. The molecule has 1 aliphatic rings. The molecule has 1 unspecified atom stereocenters. The van der Waals surface area contributed by atoms with Crippen LogP contribution in [0.4, 0.5) is 0 Å². The molecular formula is C27H29NO4S. The molecule has 3 aromatic rings. The van der Waals surface area contributed by atoms with Crippen molar-refractivity contribution in [2.24, 2.45) is 0 Å². The van der Waals surface area contributed by atoms with Gasteiger partial charge in [0.05, 0.1) is 5.75 Å². The Morgan fingerprint density at radius 3 is 2.39 bits per heavy atom. The van der Waals surface area contributed by atoms with Gasteiger partial charge in [-0.2, -0.15) is 0 Å². The fourth-order valence-electron chi connectivity index (χ4n) is 4.48. The molecule has 0 spiro atoms. The molecule has 4 rings (SSSR count). The second kappa shape index (κ2) is 9.49. The fourth-order valence-corrected chi connectivity index (χ4v) is 5.91. The zero-order valence-corrected chi connectivity index (χ0v) is 19.8. The molecule has 33 heavy (non-hydrogen) atoms. The van der Waals surface area contributed by atoms with Gasteiger partial charge in [-0.25, -0.2) is 8.42 Å². The van der Waals surface area contributed by atoms with Crippen LogP contribution in [0.2, 0.25) is 0 Å². The first-order valence-electron chi connectivity index (χ1n) is 11.1. The van der Waals surface area contributed by atoms with Gasteiger partial charge in [-0.15, -0.1) is 0 Å². The smallest absolute Gasteiger partial charge is 0.186 e. The molecule has 0 radical (unpaired) electrons. The number of ketones is 1. The van der Waals surface area contributed by atoms with Gasteiger partial charge in [-0.3, -0.25) is 9.69 Å². The number of hydrogen-bond acceptors (Lipinski definition) is 5. The lowest BCUT2D eigenvalue weighted by atomic mass is 9.93. The van der Waals surface area contributed by atoms with Crippen LogP contribution in [0.15, 0.2) is 71.6 Å². The van der Waals surface area contributed by atoms with Crippen LogP contribution in [0.5, 0.6) is 5.75 Å². The summed E-state index contributed by atoms with van der Waals surface area (Å²) in [5.41, 5.74) is 4.79. The van der Waals surface area contributed by atoms with Crippen LogP contribution >= 0.6 is 0 Å². The molecule has 0 saturated carbocycles. The molecule has 172 valence electrons. The largest absolute Gasteiger partial charge is 0.507 e. The van der Waals surface area contributed by atoms with Crippen molar-refractivity contribution >= 4 is 15.6 Å². The highest BCUT2D eigenvalue weighted by Gasteiger charge is 2.22. The van der Waals surface area contributed by atoms with Crippen LogP contribution < -0.4 is 0 Å². The first kappa shape index (κ1) is 23.2. The normalized spacial score (nSPS) is 14.7. The molecule has 3 aromatic carbocycles. The van der Waals surface area contributed by atoms with E-state index < -0.39 is 9.84 Å². The Morgan fingerprint density at radius 2 is 1.67 bits per heavy atom. The van der Waals surface area contributed by atoms with Gasteiger partial charge in [0, 0.05) is 25.9 Å². The van der Waals surface area contributed by atoms with Crippen molar-refractivity contribution in [2.75, 3.05) is 7.05 Å². The summed E-state index contributed by atoms with van der Waals surface area (Å²) in [7, 11) is -1.69. The second-order valence-corrected chi connectivity index (χ2v) is 11.0. The van der Waals surface area contributed by atoms with Crippen molar-refractivity contribution in [3.05, 3.63) is 94.5 Å². The average molecular weight is 464 g/mol. The minimum absolute atomic E-state index is 0.0458. The van der Waals surface area contributed by atoms with Crippen molar-refractivity contribution in [1.82, 2.24) is 4.90 Å². The number of fused-ring (bicyclic) bond motifs is 1. The van der Waals surface area contributed by atoms with Crippen LogP contribution in [0.25, 0.3) is 0 Å². The predicted octanol–water partition coefficient (Wildman–Crippen LogP) is 4.62. The molecule has 0 saturated heterocycles. The summed E-state index contributed by atoms with van der Waals surface area (Å²) in [5.74, 6) is -0.342. The zero-order valence-electron chi connectivity index (χ0n) is 19.0. The number of carbonyl (C=O) groups excluding carboxylic acids is 1. The number of Topliss-reactive ketones (excluding diaryl/α,β-unsaturated/α-hetero) is 1. The summed E-state index contributed by atoms with van der Waals surface area (Å²) in [6.07, 6.45) is 0.543. The van der Waals surface area contributed by atoms with E-state index in [4.69, 9.17) is 0 Å². The van der Waals surface area contributed by atoms with Gasteiger partial charge in [0.1, 0.15) is 16.4 Å². The highest BCUT2D eigenvalue weighted by molar-refractivity contribution is 7.90. The zero-order chi connectivity index (χ0) is 23.6. The van der Waals surface area contributed by atoms with E-state index in [1.54, 1.807) is 6.07 Å². The Morgan fingerprint density at radius 1 is 0.970 bits per heavy atom. The Balaban J connectivity index is 1.43. The molecule has 0 aliphatic carbocycles. The molecule has 5 nitrogen and oxygen atoms in total. The van der Waals surface area contributed by atoms with E-state index >= 15 is 0 Å². The van der Waals surface area contributed by atoms with E-state index in [1.807, 2.05) is 62.5 Å². The SMILES string of the molecule is CC(CC(=O)Cc1ccc(S(=O)(=O)Cc2ccc3c(c2)CN(C)C3)c(O)c1)c1ccccc1. The Kier molecular flexibility index (Phi) is 6.68. The monoisotopic (exact) mass is 463 g/mol. The first-order chi connectivity index (χ1) is 15.7. The van der Waals surface area contributed by atoms with Crippen LogP contribution in [0.3, 0.4) is 0 Å². The summed E-state index contributed by atoms with van der Waals surface area (Å²) >= 11 is 0. The quantitative estimate of drug-likeness (QED) is 0.528. The van der Waals surface area contributed by atoms with Gasteiger partial charge in [0.25, 0.3) is 0 Å². The summed E-state index contributed by atoms with van der Waals surface area (Å²) in [5, 5.41) is 10.5. The summed E-state index contributed by atoms with van der Waals surface area (Å²) in [6.45, 7) is 3.69. The highest BCUT2D eigenvalue weighted by Crippen LogP contribution is 2.29. The van der Waals surface area contributed by atoms with Crippen molar-refractivity contribution in [1.29, 1.82) is 0 Å². The fraction of sp³-hybridized carbons (Fsp3) is 0.296.